The highest BCUT2D eigenvalue weighted by molar-refractivity contribution is 7.09. The third-order valence-corrected chi connectivity index (χ3v) is 3.39. The van der Waals surface area contributed by atoms with Gasteiger partial charge in [-0.25, -0.2) is 4.79 Å². The van der Waals surface area contributed by atoms with E-state index in [1.807, 2.05) is 17.5 Å². The Bertz CT molecular complexity index is 624. The number of benzene rings is 1. The Morgan fingerprint density at radius 2 is 2.20 bits per heavy atom. The minimum atomic E-state index is -0.607. The maximum absolute atomic E-state index is 11.8. The van der Waals surface area contributed by atoms with Gasteiger partial charge >= 0.3 is 11.7 Å². The van der Waals surface area contributed by atoms with Gasteiger partial charge in [0.05, 0.1) is 17.6 Å². The second-order valence-electron chi connectivity index (χ2n) is 3.80. The SMILES string of the molecule is COc1ccc(C(=O)OCc2cccs2)cc1[N+](=O)[O-]. The first-order valence-electron chi connectivity index (χ1n) is 5.63. The lowest BCUT2D eigenvalue weighted by atomic mass is 10.2. The van der Waals surface area contributed by atoms with Crippen LogP contribution >= 0.6 is 11.3 Å². The van der Waals surface area contributed by atoms with Gasteiger partial charge in [0.2, 0.25) is 0 Å². The van der Waals surface area contributed by atoms with Crippen molar-refractivity contribution in [1.29, 1.82) is 0 Å². The number of carbonyl (C=O) groups excluding carboxylic acids is 1. The second kappa shape index (κ2) is 6.16. The van der Waals surface area contributed by atoms with Crippen LogP contribution in [0.25, 0.3) is 0 Å². The molecule has 2 rings (SSSR count). The highest BCUT2D eigenvalue weighted by atomic mass is 32.1. The molecule has 1 aromatic carbocycles. The van der Waals surface area contributed by atoms with E-state index in [0.717, 1.165) is 10.9 Å². The summed E-state index contributed by atoms with van der Waals surface area (Å²) in [5.41, 5.74) is -0.146. The minimum absolute atomic E-state index is 0.102. The number of carbonyl (C=O) groups is 1. The third kappa shape index (κ3) is 3.12. The van der Waals surface area contributed by atoms with Crippen molar-refractivity contribution >= 4 is 23.0 Å². The number of methoxy groups -OCH3 is 1. The van der Waals surface area contributed by atoms with E-state index < -0.39 is 10.9 Å². The molecular weight excluding hydrogens is 282 g/mol. The number of ether oxygens (including phenoxy) is 2. The molecule has 0 radical (unpaired) electrons. The van der Waals surface area contributed by atoms with Crippen molar-refractivity contribution < 1.29 is 19.2 Å². The number of rotatable bonds is 5. The summed E-state index contributed by atoms with van der Waals surface area (Å²) in [6, 6.07) is 7.65. The average molecular weight is 293 g/mol. The molecular formula is C13H11NO5S. The number of nitro benzene ring substituents is 1. The first-order valence-corrected chi connectivity index (χ1v) is 6.51. The van der Waals surface area contributed by atoms with Crippen LogP contribution in [0.5, 0.6) is 5.75 Å². The summed E-state index contributed by atoms with van der Waals surface area (Å²) in [6.07, 6.45) is 0. The van der Waals surface area contributed by atoms with Crippen molar-refractivity contribution in [2.75, 3.05) is 7.11 Å². The highest BCUT2D eigenvalue weighted by Crippen LogP contribution is 2.27. The molecule has 20 heavy (non-hydrogen) atoms. The molecule has 0 bridgehead atoms. The first-order chi connectivity index (χ1) is 9.61. The summed E-state index contributed by atoms with van der Waals surface area (Å²) in [6.45, 7) is 0.149. The van der Waals surface area contributed by atoms with Gasteiger partial charge in [0.25, 0.3) is 0 Å². The third-order valence-electron chi connectivity index (χ3n) is 2.54. The van der Waals surface area contributed by atoms with Crippen LogP contribution < -0.4 is 4.74 Å². The number of hydrogen-bond acceptors (Lipinski definition) is 6. The fourth-order valence-corrected chi connectivity index (χ4v) is 2.19. The van der Waals surface area contributed by atoms with Gasteiger partial charge in [0, 0.05) is 10.9 Å². The van der Waals surface area contributed by atoms with Gasteiger partial charge in [0.15, 0.2) is 5.75 Å². The Labute approximate surface area is 118 Å². The average Bonchev–Trinajstić information content (AvgIpc) is 2.97. The van der Waals surface area contributed by atoms with Crippen LogP contribution in [-0.2, 0) is 11.3 Å². The molecule has 0 fully saturated rings. The number of nitro groups is 1. The second-order valence-corrected chi connectivity index (χ2v) is 4.83. The molecule has 1 aromatic heterocycles. The smallest absolute Gasteiger partial charge is 0.338 e. The summed E-state index contributed by atoms with van der Waals surface area (Å²) < 4.78 is 9.96. The molecule has 6 nitrogen and oxygen atoms in total. The van der Waals surface area contributed by atoms with E-state index in [-0.39, 0.29) is 23.6 Å². The van der Waals surface area contributed by atoms with Crippen LogP contribution in [0.2, 0.25) is 0 Å². The molecule has 0 atom stereocenters. The predicted octanol–water partition coefficient (Wildman–Crippen LogP) is 3.02. The first kappa shape index (κ1) is 14.0. The molecule has 0 saturated heterocycles. The Balaban J connectivity index is 2.13. The number of hydrogen-bond donors (Lipinski definition) is 0. The van der Waals surface area contributed by atoms with Crippen LogP contribution in [-0.4, -0.2) is 18.0 Å². The zero-order valence-corrected chi connectivity index (χ0v) is 11.4. The Morgan fingerprint density at radius 1 is 1.40 bits per heavy atom. The van der Waals surface area contributed by atoms with Crippen LogP contribution in [0.4, 0.5) is 5.69 Å². The highest BCUT2D eigenvalue weighted by Gasteiger charge is 2.18. The molecule has 0 saturated carbocycles. The van der Waals surface area contributed by atoms with Gasteiger partial charge in [-0.2, -0.15) is 0 Å². The Kier molecular flexibility index (Phi) is 4.31. The van der Waals surface area contributed by atoms with Crippen LogP contribution in [0, 0.1) is 10.1 Å². The van der Waals surface area contributed by atoms with Crippen LogP contribution in [0.3, 0.4) is 0 Å². The zero-order valence-electron chi connectivity index (χ0n) is 10.6. The van der Waals surface area contributed by atoms with Gasteiger partial charge in [-0.15, -0.1) is 11.3 Å². The fourth-order valence-electron chi connectivity index (χ4n) is 1.57. The minimum Gasteiger partial charge on any atom is -0.490 e. The lowest BCUT2D eigenvalue weighted by molar-refractivity contribution is -0.385. The molecule has 0 spiro atoms. The lowest BCUT2D eigenvalue weighted by Gasteiger charge is -2.05. The molecule has 0 aliphatic rings. The topological polar surface area (TPSA) is 78.7 Å². The number of esters is 1. The van der Waals surface area contributed by atoms with E-state index in [2.05, 4.69) is 0 Å². The van der Waals surface area contributed by atoms with Gasteiger partial charge in [-0.1, -0.05) is 6.07 Å². The zero-order chi connectivity index (χ0) is 14.5. The summed E-state index contributed by atoms with van der Waals surface area (Å²) >= 11 is 1.47. The summed E-state index contributed by atoms with van der Waals surface area (Å²) in [5, 5.41) is 12.8. The van der Waals surface area contributed by atoms with E-state index in [9.17, 15) is 14.9 Å². The van der Waals surface area contributed by atoms with E-state index in [1.54, 1.807) is 0 Å². The molecule has 2 aromatic rings. The molecule has 0 N–H and O–H groups in total. The van der Waals surface area contributed by atoms with Crippen molar-refractivity contribution in [3.8, 4) is 5.75 Å². The standard InChI is InChI=1S/C13H11NO5S/c1-18-12-5-4-9(7-11(12)14(16)17)13(15)19-8-10-3-2-6-20-10/h2-7H,8H2,1H3. The van der Waals surface area contributed by atoms with Crippen molar-refractivity contribution in [2.24, 2.45) is 0 Å². The van der Waals surface area contributed by atoms with E-state index >= 15 is 0 Å². The quantitative estimate of drug-likeness (QED) is 0.481. The van der Waals surface area contributed by atoms with Crippen molar-refractivity contribution in [2.45, 2.75) is 6.61 Å². The van der Waals surface area contributed by atoms with E-state index in [4.69, 9.17) is 9.47 Å². The van der Waals surface area contributed by atoms with Gasteiger partial charge in [-0.3, -0.25) is 10.1 Å². The lowest BCUT2D eigenvalue weighted by Crippen LogP contribution is -2.05. The Hall–Kier alpha value is -2.41. The molecule has 7 heteroatoms. The van der Waals surface area contributed by atoms with Crippen molar-refractivity contribution in [1.82, 2.24) is 0 Å². The maximum Gasteiger partial charge on any atom is 0.338 e. The molecule has 0 unspecified atom stereocenters. The molecule has 0 aliphatic heterocycles. The van der Waals surface area contributed by atoms with Gasteiger partial charge in [0.1, 0.15) is 6.61 Å². The fraction of sp³-hybridized carbons (Fsp3) is 0.154. The van der Waals surface area contributed by atoms with Crippen LogP contribution in [0.15, 0.2) is 35.7 Å². The van der Waals surface area contributed by atoms with Crippen molar-refractivity contribution in [3.05, 3.63) is 56.3 Å². The van der Waals surface area contributed by atoms with Gasteiger partial charge in [-0.05, 0) is 23.6 Å². The van der Waals surface area contributed by atoms with Crippen molar-refractivity contribution in [3.63, 3.8) is 0 Å². The Morgan fingerprint density at radius 3 is 2.80 bits per heavy atom. The molecule has 0 aliphatic carbocycles. The normalized spacial score (nSPS) is 10.1. The largest absolute Gasteiger partial charge is 0.490 e. The predicted molar refractivity (Wildman–Crippen MR) is 73.1 cm³/mol. The molecule has 104 valence electrons. The monoisotopic (exact) mass is 293 g/mol. The van der Waals surface area contributed by atoms with E-state index in [1.165, 1.54) is 30.6 Å². The molecule has 0 amide bonds. The summed E-state index contributed by atoms with van der Waals surface area (Å²) in [4.78, 5) is 23.0. The maximum atomic E-state index is 11.8. The van der Waals surface area contributed by atoms with Crippen LogP contribution in [0.1, 0.15) is 15.2 Å². The molecule has 1 heterocycles. The number of thiophene rings is 1. The van der Waals surface area contributed by atoms with Gasteiger partial charge < -0.3 is 9.47 Å². The summed E-state index contributed by atoms with van der Waals surface area (Å²) in [7, 11) is 1.33. The summed E-state index contributed by atoms with van der Waals surface area (Å²) in [5.74, 6) is -0.506. The number of nitrogens with zero attached hydrogens (tertiary/aromatic N) is 1. The van der Waals surface area contributed by atoms with E-state index in [0.29, 0.717) is 0 Å².